The van der Waals surface area contributed by atoms with Gasteiger partial charge in [0, 0.05) is 6.20 Å². The van der Waals surface area contributed by atoms with E-state index in [1.165, 1.54) is 16.7 Å². The monoisotopic (exact) mass is 186 g/mol. The van der Waals surface area contributed by atoms with Crippen LogP contribution in [0.4, 0.5) is 0 Å². The van der Waals surface area contributed by atoms with Gasteiger partial charge in [0.2, 0.25) is 0 Å². The third kappa shape index (κ3) is 1.55. The smallest absolute Gasteiger partial charge is 0.0674 e. The highest BCUT2D eigenvalue weighted by Crippen LogP contribution is 2.14. The van der Waals surface area contributed by atoms with Crippen molar-refractivity contribution in [2.45, 2.75) is 20.8 Å². The molecule has 0 unspecified atom stereocenters. The van der Waals surface area contributed by atoms with Crippen LogP contribution in [-0.4, -0.2) is 9.78 Å². The highest BCUT2D eigenvalue weighted by molar-refractivity contribution is 5.42. The summed E-state index contributed by atoms with van der Waals surface area (Å²) in [6.45, 7) is 6.26. The summed E-state index contributed by atoms with van der Waals surface area (Å²) in [5.74, 6) is 0. The van der Waals surface area contributed by atoms with E-state index in [1.54, 1.807) is 0 Å². The van der Waals surface area contributed by atoms with Gasteiger partial charge in [-0.05, 0) is 38.0 Å². The molecule has 0 aliphatic carbocycles. The van der Waals surface area contributed by atoms with Crippen molar-refractivity contribution in [3.63, 3.8) is 0 Å². The lowest BCUT2D eigenvalue weighted by Crippen LogP contribution is -1.97. The maximum Gasteiger partial charge on any atom is 0.0674 e. The van der Waals surface area contributed by atoms with E-state index >= 15 is 0 Å². The zero-order chi connectivity index (χ0) is 10.1. The molecule has 0 aliphatic heterocycles. The van der Waals surface area contributed by atoms with Crippen LogP contribution in [0.2, 0.25) is 0 Å². The van der Waals surface area contributed by atoms with Gasteiger partial charge in [0.25, 0.3) is 0 Å². The molecule has 14 heavy (non-hydrogen) atoms. The number of nitrogens with zero attached hydrogens (tertiary/aromatic N) is 2. The summed E-state index contributed by atoms with van der Waals surface area (Å²) >= 11 is 0. The minimum Gasteiger partial charge on any atom is -0.240 e. The average molecular weight is 186 g/mol. The molecule has 0 radical (unpaired) electrons. The highest BCUT2D eigenvalue weighted by atomic mass is 15.3. The molecule has 0 saturated heterocycles. The fraction of sp³-hybridized carbons (Fsp3) is 0.250. The lowest BCUT2D eigenvalue weighted by atomic mass is 10.1. The van der Waals surface area contributed by atoms with Crippen molar-refractivity contribution >= 4 is 0 Å². The van der Waals surface area contributed by atoms with E-state index in [0.29, 0.717) is 0 Å². The maximum atomic E-state index is 4.29. The molecule has 0 amide bonds. The lowest BCUT2D eigenvalue weighted by Gasteiger charge is -2.06. The maximum absolute atomic E-state index is 4.29. The summed E-state index contributed by atoms with van der Waals surface area (Å²) in [5.41, 5.74) is 4.89. The van der Waals surface area contributed by atoms with E-state index in [9.17, 15) is 0 Å². The van der Waals surface area contributed by atoms with Crippen LogP contribution < -0.4 is 0 Å². The first-order valence-electron chi connectivity index (χ1n) is 4.76. The van der Waals surface area contributed by atoms with Crippen LogP contribution in [0.1, 0.15) is 16.7 Å². The second kappa shape index (κ2) is 3.29. The fourth-order valence-electron chi connectivity index (χ4n) is 1.61. The molecule has 0 aliphatic rings. The Morgan fingerprint density at radius 2 is 1.86 bits per heavy atom. The lowest BCUT2D eigenvalue weighted by molar-refractivity contribution is 0.871. The number of benzene rings is 1. The molecule has 72 valence electrons. The molecule has 1 heterocycles. The molecule has 0 bridgehead atoms. The van der Waals surface area contributed by atoms with Crippen molar-refractivity contribution < 1.29 is 0 Å². The minimum atomic E-state index is 1.16. The zero-order valence-electron chi connectivity index (χ0n) is 8.78. The number of hydrogen-bond acceptors (Lipinski definition) is 1. The summed E-state index contributed by atoms with van der Waals surface area (Å²) in [6.07, 6.45) is 3.91. The van der Waals surface area contributed by atoms with Gasteiger partial charge >= 0.3 is 0 Å². The van der Waals surface area contributed by atoms with Gasteiger partial charge in [0.15, 0.2) is 0 Å². The summed E-state index contributed by atoms with van der Waals surface area (Å²) in [5, 5.41) is 4.29. The van der Waals surface area contributed by atoms with E-state index in [-0.39, 0.29) is 0 Å². The van der Waals surface area contributed by atoms with Gasteiger partial charge in [-0.25, -0.2) is 4.68 Å². The van der Waals surface area contributed by atoms with Crippen molar-refractivity contribution in [3.05, 3.63) is 47.3 Å². The van der Waals surface area contributed by atoms with Crippen molar-refractivity contribution in [1.82, 2.24) is 9.78 Å². The summed E-state index contributed by atoms with van der Waals surface area (Å²) in [7, 11) is 0. The highest BCUT2D eigenvalue weighted by Gasteiger charge is 2.01. The van der Waals surface area contributed by atoms with Gasteiger partial charge in [-0.3, -0.25) is 0 Å². The Labute approximate surface area is 84.2 Å². The SMILES string of the molecule is Cc1ccc(-n2cc(C)cn2)c(C)c1. The van der Waals surface area contributed by atoms with Gasteiger partial charge in [0.1, 0.15) is 0 Å². The standard InChI is InChI=1S/C12H14N2/c1-9-4-5-12(11(3)6-9)14-8-10(2)7-13-14/h4-8H,1-3H3. The quantitative estimate of drug-likeness (QED) is 0.669. The van der Waals surface area contributed by atoms with Crippen molar-refractivity contribution in [3.8, 4) is 5.69 Å². The van der Waals surface area contributed by atoms with E-state index in [4.69, 9.17) is 0 Å². The van der Waals surface area contributed by atoms with Crippen LogP contribution >= 0.6 is 0 Å². The van der Waals surface area contributed by atoms with Gasteiger partial charge < -0.3 is 0 Å². The molecule has 0 spiro atoms. The fourth-order valence-corrected chi connectivity index (χ4v) is 1.61. The first-order valence-corrected chi connectivity index (χ1v) is 4.76. The van der Waals surface area contributed by atoms with Crippen molar-refractivity contribution in [1.29, 1.82) is 0 Å². The normalized spacial score (nSPS) is 10.5. The Morgan fingerprint density at radius 1 is 1.07 bits per heavy atom. The Bertz CT molecular complexity index is 455. The number of rotatable bonds is 1. The van der Waals surface area contributed by atoms with E-state index in [1.807, 2.05) is 24.0 Å². The molecular formula is C12H14N2. The molecule has 1 aromatic carbocycles. The Morgan fingerprint density at radius 3 is 2.43 bits per heavy atom. The van der Waals surface area contributed by atoms with Gasteiger partial charge in [-0.15, -0.1) is 0 Å². The molecule has 0 N–H and O–H groups in total. The molecule has 0 saturated carbocycles. The number of hydrogen-bond donors (Lipinski definition) is 0. The Hall–Kier alpha value is -1.57. The van der Waals surface area contributed by atoms with Crippen molar-refractivity contribution in [2.75, 3.05) is 0 Å². The number of aromatic nitrogens is 2. The van der Waals surface area contributed by atoms with Crippen LogP contribution in [0.3, 0.4) is 0 Å². The largest absolute Gasteiger partial charge is 0.240 e. The van der Waals surface area contributed by atoms with Gasteiger partial charge in [0.05, 0.1) is 11.9 Å². The Balaban J connectivity index is 2.52. The first-order chi connectivity index (χ1) is 6.66. The second-order valence-electron chi connectivity index (χ2n) is 3.75. The third-order valence-corrected chi connectivity index (χ3v) is 2.31. The Kier molecular flexibility index (Phi) is 2.12. The van der Waals surface area contributed by atoms with E-state index in [0.717, 1.165) is 5.69 Å². The molecular weight excluding hydrogens is 172 g/mol. The molecule has 2 heteroatoms. The zero-order valence-corrected chi connectivity index (χ0v) is 8.78. The van der Waals surface area contributed by atoms with Crippen LogP contribution in [0, 0.1) is 20.8 Å². The van der Waals surface area contributed by atoms with Crippen LogP contribution in [-0.2, 0) is 0 Å². The molecule has 0 fully saturated rings. The van der Waals surface area contributed by atoms with Crippen molar-refractivity contribution in [2.24, 2.45) is 0 Å². The predicted molar refractivity (Wildman–Crippen MR) is 57.8 cm³/mol. The summed E-state index contributed by atoms with van der Waals surface area (Å²) in [6, 6.07) is 6.39. The topological polar surface area (TPSA) is 17.8 Å². The summed E-state index contributed by atoms with van der Waals surface area (Å²) in [4.78, 5) is 0. The van der Waals surface area contributed by atoms with Gasteiger partial charge in [-0.2, -0.15) is 5.10 Å². The number of aryl methyl sites for hydroxylation is 3. The molecule has 2 rings (SSSR count). The minimum absolute atomic E-state index is 1.16. The third-order valence-electron chi connectivity index (χ3n) is 2.31. The molecule has 1 aromatic heterocycles. The van der Waals surface area contributed by atoms with Gasteiger partial charge in [-0.1, -0.05) is 17.7 Å². The first kappa shape index (κ1) is 9.00. The van der Waals surface area contributed by atoms with Crippen LogP contribution in [0.15, 0.2) is 30.6 Å². The predicted octanol–water partition coefficient (Wildman–Crippen LogP) is 2.80. The molecule has 2 aromatic rings. The van der Waals surface area contributed by atoms with Crippen LogP contribution in [0.5, 0.6) is 0 Å². The molecule has 0 atom stereocenters. The molecule has 2 nitrogen and oxygen atoms in total. The van der Waals surface area contributed by atoms with E-state index < -0.39 is 0 Å². The van der Waals surface area contributed by atoms with Crippen LogP contribution in [0.25, 0.3) is 5.69 Å². The van der Waals surface area contributed by atoms with E-state index in [2.05, 4.69) is 37.1 Å². The average Bonchev–Trinajstić information content (AvgIpc) is 2.51. The second-order valence-corrected chi connectivity index (χ2v) is 3.75. The summed E-state index contributed by atoms with van der Waals surface area (Å²) < 4.78 is 1.92.